The molecule has 0 fully saturated rings. The summed E-state index contributed by atoms with van der Waals surface area (Å²) in [5.74, 6) is 1.35. The van der Waals surface area contributed by atoms with Crippen molar-refractivity contribution in [3.8, 4) is 5.75 Å². The lowest BCUT2D eigenvalue weighted by atomic mass is 10.0. The van der Waals surface area contributed by atoms with Gasteiger partial charge in [0.25, 0.3) is 0 Å². The van der Waals surface area contributed by atoms with Crippen LogP contribution in [0.2, 0.25) is 18.1 Å². The van der Waals surface area contributed by atoms with Gasteiger partial charge < -0.3 is 14.1 Å². The van der Waals surface area contributed by atoms with E-state index >= 15 is 0 Å². The molecule has 1 unspecified atom stereocenters. The SMILES string of the molecule is CC(C)(C)[Si](C)(C)OC(CN(CCCCCCl)Cc1ccccc1)c1ccc(OCc2ccccc2)c2[nH]c(=O)ccc12. The summed E-state index contributed by atoms with van der Waals surface area (Å²) in [6, 6.07) is 28.4. The van der Waals surface area contributed by atoms with Crippen molar-refractivity contribution in [3.63, 3.8) is 0 Å². The zero-order valence-corrected chi connectivity index (χ0v) is 28.1. The van der Waals surface area contributed by atoms with E-state index in [0.717, 1.165) is 55.4 Å². The first-order chi connectivity index (χ1) is 20.6. The van der Waals surface area contributed by atoms with Crippen molar-refractivity contribution >= 4 is 30.8 Å². The van der Waals surface area contributed by atoms with Gasteiger partial charge in [-0.3, -0.25) is 9.69 Å². The fourth-order valence-electron chi connectivity index (χ4n) is 5.03. The molecule has 4 aromatic rings. The molecule has 0 bridgehead atoms. The number of unbranched alkanes of at least 4 members (excludes halogenated alkanes) is 2. The van der Waals surface area contributed by atoms with Crippen LogP contribution in [0.15, 0.2) is 89.7 Å². The second-order valence-electron chi connectivity index (χ2n) is 12.9. The Kier molecular flexibility index (Phi) is 11.7. The van der Waals surface area contributed by atoms with E-state index in [2.05, 4.69) is 80.1 Å². The maximum absolute atomic E-state index is 12.6. The van der Waals surface area contributed by atoms with E-state index in [1.54, 1.807) is 6.07 Å². The minimum atomic E-state index is -2.17. The number of aromatic amines is 1. The summed E-state index contributed by atoms with van der Waals surface area (Å²) in [4.78, 5) is 18.1. The number of nitrogens with zero attached hydrogens (tertiary/aromatic N) is 1. The summed E-state index contributed by atoms with van der Waals surface area (Å²) in [5, 5.41) is 0.995. The Hall–Kier alpha value is -2.90. The van der Waals surface area contributed by atoms with Crippen molar-refractivity contribution in [3.05, 3.63) is 112 Å². The molecule has 1 aromatic heterocycles. The molecular formula is C36H47ClN2O3Si. The van der Waals surface area contributed by atoms with E-state index < -0.39 is 8.32 Å². The van der Waals surface area contributed by atoms with E-state index in [1.807, 2.05) is 42.5 Å². The predicted molar refractivity (Wildman–Crippen MR) is 183 cm³/mol. The van der Waals surface area contributed by atoms with Crippen LogP contribution in [-0.2, 0) is 17.6 Å². The Bertz CT molecular complexity index is 1490. The molecule has 4 rings (SSSR count). The van der Waals surface area contributed by atoms with Gasteiger partial charge in [0.1, 0.15) is 12.4 Å². The second-order valence-corrected chi connectivity index (χ2v) is 18.0. The zero-order chi connectivity index (χ0) is 30.9. The van der Waals surface area contributed by atoms with Crippen LogP contribution in [0.5, 0.6) is 5.75 Å². The lowest BCUT2D eigenvalue weighted by Crippen LogP contribution is -2.44. The standard InChI is InChI=1S/C36H47ClN2O3Si/c1-36(2,3)43(4,5)42-33(26-39(24-14-8-13-23-37)25-28-15-9-6-10-16-28)30-19-21-32(35-31(30)20-22-34(40)38-35)41-27-29-17-11-7-12-18-29/h6-7,9-12,15-22,33H,8,13-14,23-27H2,1-5H3,(H,38,40). The molecule has 3 aromatic carbocycles. The Morgan fingerprint density at radius 2 is 1.53 bits per heavy atom. The third-order valence-corrected chi connectivity index (χ3v) is 13.3. The van der Waals surface area contributed by atoms with Crippen molar-refractivity contribution in [2.24, 2.45) is 0 Å². The van der Waals surface area contributed by atoms with Crippen molar-refractivity contribution in [2.75, 3.05) is 19.0 Å². The van der Waals surface area contributed by atoms with Crippen LogP contribution in [-0.4, -0.2) is 37.2 Å². The average Bonchev–Trinajstić information content (AvgIpc) is 2.98. The molecule has 0 saturated heterocycles. The van der Waals surface area contributed by atoms with E-state index in [9.17, 15) is 4.79 Å². The van der Waals surface area contributed by atoms with Crippen LogP contribution < -0.4 is 10.3 Å². The van der Waals surface area contributed by atoms with Gasteiger partial charge in [0.15, 0.2) is 8.32 Å². The maximum atomic E-state index is 12.6. The van der Waals surface area contributed by atoms with Gasteiger partial charge in [-0.05, 0) is 66.3 Å². The van der Waals surface area contributed by atoms with E-state index in [-0.39, 0.29) is 16.7 Å². The molecule has 0 aliphatic rings. The number of nitrogens with one attached hydrogen (secondary N) is 1. The summed E-state index contributed by atoms with van der Waals surface area (Å²) in [7, 11) is -2.17. The quantitative estimate of drug-likeness (QED) is 0.0820. The first-order valence-corrected chi connectivity index (χ1v) is 18.8. The van der Waals surface area contributed by atoms with Crippen LogP contribution in [0, 0.1) is 0 Å². The summed E-state index contributed by atoms with van der Waals surface area (Å²) in [5.41, 5.74) is 3.98. The van der Waals surface area contributed by atoms with Crippen LogP contribution >= 0.6 is 11.6 Å². The van der Waals surface area contributed by atoms with Crippen LogP contribution in [0.4, 0.5) is 0 Å². The Morgan fingerprint density at radius 3 is 2.19 bits per heavy atom. The number of ether oxygens (including phenoxy) is 1. The zero-order valence-electron chi connectivity index (χ0n) is 26.4. The molecule has 0 amide bonds. The van der Waals surface area contributed by atoms with Gasteiger partial charge in [-0.25, -0.2) is 0 Å². The number of pyridine rings is 1. The second kappa shape index (κ2) is 15.2. The molecule has 0 spiro atoms. The monoisotopic (exact) mass is 618 g/mol. The Morgan fingerprint density at radius 1 is 0.860 bits per heavy atom. The smallest absolute Gasteiger partial charge is 0.248 e. The first-order valence-electron chi connectivity index (χ1n) is 15.4. The molecule has 1 atom stereocenters. The molecule has 7 heteroatoms. The number of halogens is 1. The van der Waals surface area contributed by atoms with Crippen molar-refractivity contribution in [1.82, 2.24) is 9.88 Å². The number of hydrogen-bond donors (Lipinski definition) is 1. The van der Waals surface area contributed by atoms with E-state index in [0.29, 0.717) is 23.8 Å². The summed E-state index contributed by atoms with van der Waals surface area (Å²) in [6.45, 7) is 14.4. The highest BCUT2D eigenvalue weighted by molar-refractivity contribution is 6.74. The number of hydrogen-bond acceptors (Lipinski definition) is 4. The minimum absolute atomic E-state index is 0.0404. The van der Waals surface area contributed by atoms with Gasteiger partial charge in [-0.2, -0.15) is 0 Å². The van der Waals surface area contributed by atoms with Crippen molar-refractivity contribution in [1.29, 1.82) is 0 Å². The molecule has 0 aliphatic heterocycles. The van der Waals surface area contributed by atoms with Crippen molar-refractivity contribution < 1.29 is 9.16 Å². The van der Waals surface area contributed by atoms with Gasteiger partial charge in [0, 0.05) is 30.4 Å². The summed E-state index contributed by atoms with van der Waals surface area (Å²) >= 11 is 6.00. The first kappa shape index (κ1) is 33.0. The summed E-state index contributed by atoms with van der Waals surface area (Å²) < 4.78 is 13.5. The molecule has 1 heterocycles. The lowest BCUT2D eigenvalue weighted by molar-refractivity contribution is 0.115. The number of alkyl halides is 1. The normalized spacial score (nSPS) is 13.0. The minimum Gasteiger partial charge on any atom is -0.487 e. The Balaban J connectivity index is 1.73. The highest BCUT2D eigenvalue weighted by atomic mass is 35.5. The Labute approximate surface area is 263 Å². The van der Waals surface area contributed by atoms with Crippen LogP contribution in [0.3, 0.4) is 0 Å². The largest absolute Gasteiger partial charge is 0.487 e. The van der Waals surface area contributed by atoms with Gasteiger partial charge in [0.05, 0.1) is 11.6 Å². The summed E-state index contributed by atoms with van der Waals surface area (Å²) in [6.07, 6.45) is 3.01. The molecule has 43 heavy (non-hydrogen) atoms. The molecule has 0 radical (unpaired) electrons. The number of benzene rings is 3. The molecule has 5 nitrogen and oxygen atoms in total. The molecular weight excluding hydrogens is 572 g/mol. The van der Waals surface area contributed by atoms with Gasteiger partial charge in [0.2, 0.25) is 5.56 Å². The number of fused-ring (bicyclic) bond motifs is 1. The van der Waals surface area contributed by atoms with Gasteiger partial charge in [-0.15, -0.1) is 11.6 Å². The van der Waals surface area contributed by atoms with Gasteiger partial charge >= 0.3 is 0 Å². The topological polar surface area (TPSA) is 54.6 Å². The fourth-order valence-corrected chi connectivity index (χ4v) is 6.49. The van der Waals surface area contributed by atoms with E-state index in [1.165, 1.54) is 5.56 Å². The third kappa shape index (κ3) is 9.29. The highest BCUT2D eigenvalue weighted by Crippen LogP contribution is 2.41. The lowest BCUT2D eigenvalue weighted by Gasteiger charge is -2.41. The van der Waals surface area contributed by atoms with Crippen LogP contribution in [0.25, 0.3) is 10.9 Å². The third-order valence-electron chi connectivity index (χ3n) is 8.50. The van der Waals surface area contributed by atoms with Gasteiger partial charge in [-0.1, -0.05) is 93.9 Å². The predicted octanol–water partition coefficient (Wildman–Crippen LogP) is 9.08. The number of rotatable bonds is 15. The average molecular weight is 619 g/mol. The molecule has 0 saturated carbocycles. The number of H-pyrrole nitrogens is 1. The molecule has 0 aliphatic carbocycles. The molecule has 230 valence electrons. The maximum Gasteiger partial charge on any atom is 0.248 e. The number of aromatic nitrogens is 1. The molecule has 1 N–H and O–H groups in total. The highest BCUT2D eigenvalue weighted by Gasteiger charge is 2.40. The fraction of sp³-hybridized carbons (Fsp3) is 0.417. The van der Waals surface area contributed by atoms with E-state index in [4.69, 9.17) is 20.8 Å². The van der Waals surface area contributed by atoms with Crippen LogP contribution in [0.1, 0.15) is 62.8 Å². The van der Waals surface area contributed by atoms with Crippen molar-refractivity contribution in [2.45, 2.75) is 77.4 Å².